The molecule has 0 heterocycles. The lowest BCUT2D eigenvalue weighted by molar-refractivity contribution is -0.154. The summed E-state index contributed by atoms with van der Waals surface area (Å²) in [5.41, 5.74) is 0. The Labute approximate surface area is 127 Å². The predicted octanol–water partition coefficient (Wildman–Crippen LogP) is 2.18. The summed E-state index contributed by atoms with van der Waals surface area (Å²) in [6, 6.07) is -0.533. The summed E-state index contributed by atoms with van der Waals surface area (Å²) < 4.78 is 4.56. The van der Waals surface area contributed by atoms with Crippen molar-refractivity contribution in [1.29, 1.82) is 0 Å². The van der Waals surface area contributed by atoms with Gasteiger partial charge in [-0.1, -0.05) is 27.7 Å². The van der Waals surface area contributed by atoms with Crippen molar-refractivity contribution < 1.29 is 19.1 Å². The van der Waals surface area contributed by atoms with Gasteiger partial charge in [-0.2, -0.15) is 0 Å². The maximum absolute atomic E-state index is 12.1. The molecule has 0 fully saturated rings. The monoisotopic (exact) mass is 300 g/mol. The van der Waals surface area contributed by atoms with Gasteiger partial charge in [-0.3, -0.25) is 10.1 Å². The summed E-state index contributed by atoms with van der Waals surface area (Å²) in [7, 11) is 0. The Hall–Kier alpha value is -1.59. The van der Waals surface area contributed by atoms with Crippen molar-refractivity contribution in [2.45, 2.75) is 47.5 Å². The van der Waals surface area contributed by atoms with Crippen LogP contribution < -0.4 is 5.32 Å². The molecule has 0 bridgehead atoms. The molecule has 21 heavy (non-hydrogen) atoms. The van der Waals surface area contributed by atoms with Crippen molar-refractivity contribution in [3.63, 3.8) is 0 Å². The van der Waals surface area contributed by atoms with E-state index in [9.17, 15) is 14.4 Å². The molecule has 0 atom stereocenters. The van der Waals surface area contributed by atoms with E-state index in [1.807, 2.05) is 0 Å². The smallest absolute Gasteiger partial charge is 0.397 e. The minimum absolute atomic E-state index is 0.102. The van der Waals surface area contributed by atoms with E-state index in [1.54, 1.807) is 11.8 Å². The molecule has 1 N–H and O–H groups in total. The Kier molecular flexibility index (Phi) is 9.41. The average molecular weight is 300 g/mol. The van der Waals surface area contributed by atoms with Crippen LogP contribution in [0.3, 0.4) is 0 Å². The lowest BCUT2D eigenvalue weighted by Crippen LogP contribution is -2.46. The standard InChI is InChI=1S/C15H28N2O4/c1-6-21-14(19)13(18)16-15(20)17(9-7-11(2)3)10-8-12(4)5/h11-12H,6-10H2,1-5H3,(H,16,18,20). The van der Waals surface area contributed by atoms with Crippen molar-refractivity contribution in [2.24, 2.45) is 11.8 Å². The van der Waals surface area contributed by atoms with Crippen molar-refractivity contribution in [3.05, 3.63) is 0 Å². The van der Waals surface area contributed by atoms with Gasteiger partial charge in [-0.25, -0.2) is 9.59 Å². The number of hydrogen-bond donors (Lipinski definition) is 1. The Morgan fingerprint density at radius 3 is 1.86 bits per heavy atom. The zero-order chi connectivity index (χ0) is 16.4. The molecule has 0 saturated heterocycles. The van der Waals surface area contributed by atoms with Gasteiger partial charge in [0.2, 0.25) is 0 Å². The number of rotatable bonds is 7. The van der Waals surface area contributed by atoms with Crippen molar-refractivity contribution in [3.8, 4) is 0 Å². The molecule has 122 valence electrons. The molecule has 6 heteroatoms. The van der Waals surface area contributed by atoms with Gasteiger partial charge < -0.3 is 9.64 Å². The summed E-state index contributed by atoms with van der Waals surface area (Å²) >= 11 is 0. The average Bonchev–Trinajstić information content (AvgIpc) is 2.37. The highest BCUT2D eigenvalue weighted by atomic mass is 16.5. The molecule has 0 rings (SSSR count). The first-order chi connectivity index (χ1) is 9.77. The molecule has 0 spiro atoms. The SMILES string of the molecule is CCOC(=O)C(=O)NC(=O)N(CCC(C)C)CCC(C)C. The second-order valence-corrected chi connectivity index (χ2v) is 5.83. The molecule has 0 aliphatic carbocycles. The molecule has 0 aliphatic rings. The van der Waals surface area contributed by atoms with E-state index in [4.69, 9.17) is 0 Å². The molecule has 0 aliphatic heterocycles. The van der Waals surface area contributed by atoms with Gasteiger partial charge in [0.25, 0.3) is 0 Å². The molecule has 3 amide bonds. The Bertz CT molecular complexity index is 342. The molecule has 0 radical (unpaired) electrons. The molecule has 0 aromatic rings. The van der Waals surface area contributed by atoms with Crippen molar-refractivity contribution >= 4 is 17.9 Å². The first-order valence-electron chi connectivity index (χ1n) is 7.54. The topological polar surface area (TPSA) is 75.7 Å². The summed E-state index contributed by atoms with van der Waals surface area (Å²) in [4.78, 5) is 36.4. The lowest BCUT2D eigenvalue weighted by Gasteiger charge is -2.24. The number of carbonyl (C=O) groups is 3. The van der Waals surface area contributed by atoms with Gasteiger partial charge in [0.15, 0.2) is 0 Å². The summed E-state index contributed by atoms with van der Waals surface area (Å²) in [5, 5.41) is 2.09. The molecular formula is C15H28N2O4. The van der Waals surface area contributed by atoms with Crippen LogP contribution in [0.1, 0.15) is 47.5 Å². The second kappa shape index (κ2) is 10.2. The lowest BCUT2D eigenvalue weighted by atomic mass is 10.1. The number of nitrogens with zero attached hydrogens (tertiary/aromatic N) is 1. The minimum atomic E-state index is -1.03. The summed E-state index contributed by atoms with van der Waals surface area (Å²) in [5.74, 6) is -1.13. The van der Waals surface area contributed by atoms with Gasteiger partial charge in [0.1, 0.15) is 0 Å². The second-order valence-electron chi connectivity index (χ2n) is 5.83. The van der Waals surface area contributed by atoms with Crippen molar-refractivity contribution in [2.75, 3.05) is 19.7 Å². The van der Waals surface area contributed by atoms with Gasteiger partial charge in [0, 0.05) is 13.1 Å². The third kappa shape index (κ3) is 9.05. The quantitative estimate of drug-likeness (QED) is 0.577. The largest absolute Gasteiger partial charge is 0.459 e. The van der Waals surface area contributed by atoms with Crippen LogP contribution in [0.2, 0.25) is 0 Å². The van der Waals surface area contributed by atoms with Gasteiger partial charge in [-0.05, 0) is 31.6 Å². The van der Waals surface area contributed by atoms with Crippen LogP contribution in [-0.2, 0) is 14.3 Å². The van der Waals surface area contributed by atoms with Crippen LogP contribution in [-0.4, -0.2) is 42.5 Å². The van der Waals surface area contributed by atoms with E-state index >= 15 is 0 Å². The van der Waals surface area contributed by atoms with Crippen LogP contribution in [0.5, 0.6) is 0 Å². The van der Waals surface area contributed by atoms with Crippen molar-refractivity contribution in [1.82, 2.24) is 10.2 Å². The molecule has 0 saturated carbocycles. The minimum Gasteiger partial charge on any atom is -0.459 e. The molecule has 0 unspecified atom stereocenters. The maximum atomic E-state index is 12.1. The van der Waals surface area contributed by atoms with E-state index in [2.05, 4.69) is 37.7 Å². The Morgan fingerprint density at radius 1 is 1.00 bits per heavy atom. The number of ether oxygens (including phenoxy) is 1. The highest BCUT2D eigenvalue weighted by Crippen LogP contribution is 2.06. The van der Waals surface area contributed by atoms with Crippen LogP contribution in [0, 0.1) is 11.8 Å². The number of carbonyl (C=O) groups excluding carboxylic acids is 3. The fourth-order valence-corrected chi connectivity index (χ4v) is 1.57. The van der Waals surface area contributed by atoms with E-state index in [1.165, 1.54) is 0 Å². The van der Waals surface area contributed by atoms with Crippen LogP contribution in [0.25, 0.3) is 0 Å². The molecule has 6 nitrogen and oxygen atoms in total. The highest BCUT2D eigenvalue weighted by molar-refractivity contribution is 6.35. The number of amides is 3. The zero-order valence-electron chi connectivity index (χ0n) is 13.8. The highest BCUT2D eigenvalue weighted by Gasteiger charge is 2.22. The fraction of sp³-hybridized carbons (Fsp3) is 0.800. The van der Waals surface area contributed by atoms with E-state index in [0.717, 1.165) is 12.8 Å². The van der Waals surface area contributed by atoms with Crippen LogP contribution >= 0.6 is 0 Å². The zero-order valence-corrected chi connectivity index (χ0v) is 13.8. The van der Waals surface area contributed by atoms with E-state index in [0.29, 0.717) is 24.9 Å². The number of nitrogens with one attached hydrogen (secondary N) is 1. The van der Waals surface area contributed by atoms with Gasteiger partial charge in [-0.15, -0.1) is 0 Å². The van der Waals surface area contributed by atoms with Crippen LogP contribution in [0.4, 0.5) is 4.79 Å². The third-order valence-electron chi connectivity index (χ3n) is 2.92. The predicted molar refractivity (Wildman–Crippen MR) is 80.7 cm³/mol. The number of hydrogen-bond acceptors (Lipinski definition) is 4. The van der Waals surface area contributed by atoms with Crippen LogP contribution in [0.15, 0.2) is 0 Å². The Morgan fingerprint density at radius 2 is 1.48 bits per heavy atom. The third-order valence-corrected chi connectivity index (χ3v) is 2.92. The van der Waals surface area contributed by atoms with E-state index in [-0.39, 0.29) is 6.61 Å². The first kappa shape index (κ1) is 19.4. The Balaban J connectivity index is 4.54. The molecular weight excluding hydrogens is 272 g/mol. The fourth-order valence-electron chi connectivity index (χ4n) is 1.57. The molecule has 0 aromatic heterocycles. The van der Waals surface area contributed by atoms with E-state index < -0.39 is 17.9 Å². The number of esters is 1. The van der Waals surface area contributed by atoms with Gasteiger partial charge in [0.05, 0.1) is 6.61 Å². The number of imide groups is 1. The maximum Gasteiger partial charge on any atom is 0.397 e. The van der Waals surface area contributed by atoms with Gasteiger partial charge >= 0.3 is 17.9 Å². The molecule has 0 aromatic carbocycles. The summed E-state index contributed by atoms with van der Waals surface area (Å²) in [6.07, 6.45) is 1.69. The summed E-state index contributed by atoms with van der Waals surface area (Å²) in [6.45, 7) is 11.1. The number of urea groups is 1. The normalized spacial score (nSPS) is 10.6. The first-order valence-corrected chi connectivity index (χ1v) is 7.54.